The summed E-state index contributed by atoms with van der Waals surface area (Å²) in [6.07, 6.45) is 2.12. The lowest BCUT2D eigenvalue weighted by molar-refractivity contribution is 0.111. The quantitative estimate of drug-likeness (QED) is 0.740. The fourth-order valence-electron chi connectivity index (χ4n) is 1.80. The highest BCUT2D eigenvalue weighted by molar-refractivity contribution is 5.73. The zero-order valence-electron chi connectivity index (χ0n) is 9.78. The highest BCUT2D eigenvalue weighted by atomic mass is 16.1. The molecule has 0 aliphatic carbocycles. The van der Waals surface area contributed by atoms with E-state index in [9.17, 15) is 4.79 Å². The normalized spacial score (nSPS) is 9.94. The van der Waals surface area contributed by atoms with E-state index in [0.29, 0.717) is 18.4 Å². The zero-order chi connectivity index (χ0) is 12.8. The minimum Gasteiger partial charge on any atom is -0.296 e. The molecule has 0 aliphatic rings. The molecular weight excluding hydrogens is 228 g/mol. The van der Waals surface area contributed by atoms with Crippen LogP contribution in [-0.2, 0) is 19.4 Å². The second-order valence-corrected chi connectivity index (χ2v) is 3.84. The molecule has 5 nitrogen and oxygen atoms in total. The van der Waals surface area contributed by atoms with E-state index in [1.165, 1.54) is 10.2 Å². The number of benzene rings is 1. The molecule has 90 valence electrons. The van der Waals surface area contributed by atoms with Gasteiger partial charge in [0.05, 0.1) is 11.8 Å². The van der Waals surface area contributed by atoms with Crippen LogP contribution in [0.5, 0.6) is 0 Å². The number of carbonyl (C=O) groups is 1. The molecule has 5 heteroatoms. The summed E-state index contributed by atoms with van der Waals surface area (Å²) < 4.78 is 1.48. The molecule has 2 rings (SSSR count). The molecule has 0 amide bonds. The van der Waals surface area contributed by atoms with Gasteiger partial charge in [-0.2, -0.15) is 5.26 Å². The van der Waals surface area contributed by atoms with Crippen molar-refractivity contribution >= 4 is 6.29 Å². The van der Waals surface area contributed by atoms with E-state index >= 15 is 0 Å². The van der Waals surface area contributed by atoms with Gasteiger partial charge in [0.15, 0.2) is 6.29 Å². The third-order valence-corrected chi connectivity index (χ3v) is 2.69. The van der Waals surface area contributed by atoms with E-state index in [0.717, 1.165) is 12.1 Å². The van der Waals surface area contributed by atoms with Crippen LogP contribution in [0.25, 0.3) is 0 Å². The number of carbonyl (C=O) groups excluding carboxylic acids is 1. The molecule has 18 heavy (non-hydrogen) atoms. The molecule has 0 saturated carbocycles. The summed E-state index contributed by atoms with van der Waals surface area (Å²) in [5.74, 6) is 0. The first-order chi connectivity index (χ1) is 8.85. The predicted molar refractivity (Wildman–Crippen MR) is 64.9 cm³/mol. The number of aldehydes is 1. The van der Waals surface area contributed by atoms with Gasteiger partial charge in [-0.3, -0.25) is 4.79 Å². The first kappa shape index (κ1) is 12.0. The Morgan fingerprint density at radius 1 is 1.28 bits per heavy atom. The average molecular weight is 240 g/mol. The van der Waals surface area contributed by atoms with Crippen LogP contribution in [0.15, 0.2) is 30.3 Å². The fraction of sp³-hybridized carbons (Fsp3) is 0.231. The first-order valence-corrected chi connectivity index (χ1v) is 5.63. The van der Waals surface area contributed by atoms with Crippen molar-refractivity contribution in [2.45, 2.75) is 19.4 Å². The van der Waals surface area contributed by atoms with E-state index in [2.05, 4.69) is 10.3 Å². The fourth-order valence-corrected chi connectivity index (χ4v) is 1.80. The van der Waals surface area contributed by atoms with Gasteiger partial charge in [0.25, 0.3) is 0 Å². The van der Waals surface area contributed by atoms with E-state index in [-0.39, 0.29) is 6.54 Å². The third-order valence-electron chi connectivity index (χ3n) is 2.69. The summed E-state index contributed by atoms with van der Waals surface area (Å²) >= 11 is 0. The van der Waals surface area contributed by atoms with E-state index < -0.39 is 0 Å². The van der Waals surface area contributed by atoms with Crippen molar-refractivity contribution in [3.63, 3.8) is 0 Å². The molecule has 0 saturated heterocycles. The Labute approximate surface area is 105 Å². The van der Waals surface area contributed by atoms with Crippen molar-refractivity contribution in [1.29, 1.82) is 5.26 Å². The maximum Gasteiger partial charge on any atom is 0.172 e. The molecule has 0 spiro atoms. The predicted octanol–water partition coefficient (Wildman–Crippen LogP) is 1.40. The van der Waals surface area contributed by atoms with Crippen molar-refractivity contribution in [2.75, 3.05) is 0 Å². The number of aryl methyl sites for hydroxylation is 1. The van der Waals surface area contributed by atoms with Crippen LogP contribution in [-0.4, -0.2) is 21.3 Å². The Morgan fingerprint density at radius 2 is 2.06 bits per heavy atom. The molecule has 0 atom stereocenters. The highest BCUT2D eigenvalue weighted by Gasteiger charge is 2.11. The molecule has 0 unspecified atom stereocenters. The number of aromatic nitrogens is 3. The summed E-state index contributed by atoms with van der Waals surface area (Å²) in [5, 5.41) is 16.2. The van der Waals surface area contributed by atoms with Crippen molar-refractivity contribution in [3.8, 4) is 6.07 Å². The van der Waals surface area contributed by atoms with Crippen molar-refractivity contribution in [3.05, 3.63) is 47.3 Å². The summed E-state index contributed by atoms with van der Waals surface area (Å²) in [7, 11) is 0. The molecule has 2 aromatic rings. The Bertz CT molecular complexity index is 568. The van der Waals surface area contributed by atoms with Gasteiger partial charge >= 0.3 is 0 Å². The smallest absolute Gasteiger partial charge is 0.172 e. The Kier molecular flexibility index (Phi) is 3.82. The number of rotatable bonds is 5. The van der Waals surface area contributed by atoms with Crippen LogP contribution in [0.2, 0.25) is 0 Å². The average Bonchev–Trinajstić information content (AvgIpc) is 2.80. The summed E-state index contributed by atoms with van der Waals surface area (Å²) in [5.41, 5.74) is 2.22. The number of hydrogen-bond donors (Lipinski definition) is 0. The minimum atomic E-state index is 0.116. The monoisotopic (exact) mass is 240 g/mol. The van der Waals surface area contributed by atoms with Gasteiger partial charge in [-0.25, -0.2) is 4.68 Å². The molecule has 0 aliphatic heterocycles. The summed E-state index contributed by atoms with van der Waals surface area (Å²) in [6.45, 7) is 0.116. The van der Waals surface area contributed by atoms with Crippen LogP contribution >= 0.6 is 0 Å². The van der Waals surface area contributed by atoms with Crippen LogP contribution in [0, 0.1) is 11.3 Å². The lowest BCUT2D eigenvalue weighted by Gasteiger charge is -2.03. The number of nitriles is 1. The summed E-state index contributed by atoms with van der Waals surface area (Å²) in [6, 6.07) is 12.0. The molecule has 0 bridgehead atoms. The Morgan fingerprint density at radius 3 is 2.72 bits per heavy atom. The molecule has 0 fully saturated rings. The topological polar surface area (TPSA) is 71.6 Å². The SMILES string of the molecule is N#CCn1nnc(C=O)c1CCc1ccccc1. The lowest BCUT2D eigenvalue weighted by Crippen LogP contribution is -2.06. The first-order valence-electron chi connectivity index (χ1n) is 5.63. The van der Waals surface area contributed by atoms with Crippen molar-refractivity contribution in [2.24, 2.45) is 0 Å². The minimum absolute atomic E-state index is 0.116. The Hall–Kier alpha value is -2.48. The largest absolute Gasteiger partial charge is 0.296 e. The van der Waals surface area contributed by atoms with Crippen LogP contribution in [0.1, 0.15) is 21.7 Å². The molecule has 1 aromatic carbocycles. The second-order valence-electron chi connectivity index (χ2n) is 3.84. The molecule has 0 radical (unpaired) electrons. The van der Waals surface area contributed by atoms with E-state index in [1.54, 1.807) is 0 Å². The molecular formula is C13H12N4O. The lowest BCUT2D eigenvalue weighted by atomic mass is 10.1. The van der Waals surface area contributed by atoms with Gasteiger partial charge in [0.2, 0.25) is 0 Å². The van der Waals surface area contributed by atoms with Crippen LogP contribution in [0.4, 0.5) is 0 Å². The van der Waals surface area contributed by atoms with E-state index in [4.69, 9.17) is 5.26 Å². The van der Waals surface area contributed by atoms with Crippen molar-refractivity contribution < 1.29 is 4.79 Å². The number of hydrogen-bond acceptors (Lipinski definition) is 4. The van der Waals surface area contributed by atoms with E-state index in [1.807, 2.05) is 36.4 Å². The molecule has 0 N–H and O–H groups in total. The maximum atomic E-state index is 10.9. The third kappa shape index (κ3) is 2.61. The van der Waals surface area contributed by atoms with Gasteiger partial charge in [0, 0.05) is 0 Å². The van der Waals surface area contributed by atoms with Gasteiger partial charge < -0.3 is 0 Å². The van der Waals surface area contributed by atoms with Gasteiger partial charge in [-0.15, -0.1) is 5.10 Å². The van der Waals surface area contributed by atoms with Gasteiger partial charge in [-0.1, -0.05) is 35.5 Å². The molecule has 1 heterocycles. The van der Waals surface area contributed by atoms with Gasteiger partial charge in [0.1, 0.15) is 12.2 Å². The number of nitrogens with zero attached hydrogens (tertiary/aromatic N) is 4. The van der Waals surface area contributed by atoms with Crippen LogP contribution < -0.4 is 0 Å². The molecule has 1 aromatic heterocycles. The standard InChI is InChI=1S/C13H12N4O/c14-8-9-17-13(12(10-18)15-16-17)7-6-11-4-2-1-3-5-11/h1-5,10H,6-7,9H2. The van der Waals surface area contributed by atoms with Crippen molar-refractivity contribution in [1.82, 2.24) is 15.0 Å². The van der Waals surface area contributed by atoms with Crippen LogP contribution in [0.3, 0.4) is 0 Å². The Balaban J connectivity index is 2.15. The highest BCUT2D eigenvalue weighted by Crippen LogP contribution is 2.09. The van der Waals surface area contributed by atoms with Gasteiger partial charge in [-0.05, 0) is 18.4 Å². The second kappa shape index (κ2) is 5.73. The summed E-state index contributed by atoms with van der Waals surface area (Å²) in [4.78, 5) is 10.9. The maximum absolute atomic E-state index is 10.9. The zero-order valence-corrected chi connectivity index (χ0v) is 9.78.